The first-order chi connectivity index (χ1) is 18.6. The SMILES string of the molecule is COC(=O)c1cc(N)c(C(=O)C[C@H]2C[C@H](c3cccc(Cl)c3F)[C@@]3(N2)C(=O)Nc2cc(Cl)ccc23)cc1OC. The van der Waals surface area contributed by atoms with E-state index in [2.05, 4.69) is 10.6 Å². The van der Waals surface area contributed by atoms with Crippen LogP contribution in [0.1, 0.15) is 50.6 Å². The van der Waals surface area contributed by atoms with Crippen molar-refractivity contribution in [1.29, 1.82) is 0 Å². The van der Waals surface area contributed by atoms with Crippen molar-refractivity contribution in [2.75, 3.05) is 25.3 Å². The molecule has 0 aliphatic carbocycles. The van der Waals surface area contributed by atoms with Crippen molar-refractivity contribution in [3.05, 3.63) is 86.6 Å². The number of rotatable bonds is 6. The molecule has 2 aliphatic rings. The fourth-order valence-electron chi connectivity index (χ4n) is 5.63. The van der Waals surface area contributed by atoms with Crippen LogP contribution in [0.25, 0.3) is 0 Å². The van der Waals surface area contributed by atoms with E-state index in [1.807, 2.05) is 0 Å². The molecule has 1 amide bonds. The van der Waals surface area contributed by atoms with Crippen LogP contribution in [-0.4, -0.2) is 37.9 Å². The third-order valence-electron chi connectivity index (χ3n) is 7.35. The summed E-state index contributed by atoms with van der Waals surface area (Å²) in [4.78, 5) is 39.1. The van der Waals surface area contributed by atoms with Gasteiger partial charge in [0.25, 0.3) is 0 Å². The van der Waals surface area contributed by atoms with Gasteiger partial charge in [0, 0.05) is 45.9 Å². The average Bonchev–Trinajstić information content (AvgIpc) is 3.41. The molecular formula is C28H24Cl2FN3O5. The third-order valence-corrected chi connectivity index (χ3v) is 7.88. The van der Waals surface area contributed by atoms with Crippen LogP contribution in [0.15, 0.2) is 48.5 Å². The Kier molecular flexibility index (Phi) is 7.00. The van der Waals surface area contributed by atoms with E-state index in [9.17, 15) is 14.4 Å². The lowest BCUT2D eigenvalue weighted by Crippen LogP contribution is -2.49. The molecule has 3 atom stereocenters. The first kappa shape index (κ1) is 26.9. The molecule has 1 saturated heterocycles. The number of nitrogens with one attached hydrogen (secondary N) is 2. The summed E-state index contributed by atoms with van der Waals surface area (Å²) < 4.78 is 25.4. The Hall–Kier alpha value is -3.66. The normalized spacial score (nSPS) is 21.5. The number of anilines is 2. The van der Waals surface area contributed by atoms with Crippen molar-refractivity contribution in [1.82, 2.24) is 5.32 Å². The van der Waals surface area contributed by atoms with Gasteiger partial charge in [-0.05, 0) is 42.3 Å². The van der Waals surface area contributed by atoms with Crippen LogP contribution in [0.2, 0.25) is 10.0 Å². The van der Waals surface area contributed by atoms with Gasteiger partial charge in [-0.3, -0.25) is 14.9 Å². The maximum absolute atomic E-state index is 15.3. The van der Waals surface area contributed by atoms with Gasteiger partial charge >= 0.3 is 5.97 Å². The molecule has 2 heterocycles. The van der Waals surface area contributed by atoms with E-state index in [1.54, 1.807) is 30.3 Å². The summed E-state index contributed by atoms with van der Waals surface area (Å²) in [5, 5.41) is 6.56. The van der Waals surface area contributed by atoms with Crippen molar-refractivity contribution >= 4 is 52.2 Å². The lowest BCUT2D eigenvalue weighted by atomic mass is 9.76. The number of benzene rings is 3. The molecule has 39 heavy (non-hydrogen) atoms. The maximum atomic E-state index is 15.3. The number of amides is 1. The number of halogens is 3. The summed E-state index contributed by atoms with van der Waals surface area (Å²) in [5.41, 5.74) is 6.44. The molecule has 3 aromatic carbocycles. The van der Waals surface area contributed by atoms with E-state index in [1.165, 1.54) is 32.4 Å². The van der Waals surface area contributed by atoms with Crippen molar-refractivity contribution in [3.8, 4) is 5.75 Å². The lowest BCUT2D eigenvalue weighted by Gasteiger charge is -2.30. The number of fused-ring (bicyclic) bond motifs is 2. The molecular weight excluding hydrogens is 548 g/mol. The molecule has 0 unspecified atom stereocenters. The number of carbonyl (C=O) groups excluding carboxylic acids is 3. The number of hydrogen-bond acceptors (Lipinski definition) is 7. The first-order valence-corrected chi connectivity index (χ1v) is 12.8. The molecule has 8 nitrogen and oxygen atoms in total. The molecule has 0 aromatic heterocycles. The van der Waals surface area contributed by atoms with Gasteiger partial charge in [0.1, 0.15) is 22.7 Å². The molecule has 202 valence electrons. The Morgan fingerprint density at radius 1 is 1.13 bits per heavy atom. The number of esters is 1. The van der Waals surface area contributed by atoms with Crippen LogP contribution >= 0.6 is 23.2 Å². The molecule has 2 aliphatic heterocycles. The maximum Gasteiger partial charge on any atom is 0.341 e. The van der Waals surface area contributed by atoms with E-state index in [4.69, 9.17) is 38.4 Å². The van der Waals surface area contributed by atoms with Crippen LogP contribution in [0.4, 0.5) is 15.8 Å². The Morgan fingerprint density at radius 2 is 1.90 bits per heavy atom. The molecule has 0 radical (unpaired) electrons. The zero-order valence-corrected chi connectivity index (χ0v) is 22.5. The number of methoxy groups -OCH3 is 2. The Morgan fingerprint density at radius 3 is 2.62 bits per heavy atom. The van der Waals surface area contributed by atoms with Crippen molar-refractivity contribution in [3.63, 3.8) is 0 Å². The molecule has 3 aromatic rings. The van der Waals surface area contributed by atoms with E-state index in [0.29, 0.717) is 16.3 Å². The fraction of sp³-hybridized carbons (Fsp3) is 0.250. The molecule has 0 saturated carbocycles. The quantitative estimate of drug-likeness (QED) is 0.214. The average molecular weight is 572 g/mol. The van der Waals surface area contributed by atoms with E-state index < -0.39 is 29.3 Å². The van der Waals surface area contributed by atoms with E-state index >= 15 is 4.39 Å². The molecule has 4 N–H and O–H groups in total. The Labute approximate surface area is 233 Å². The largest absolute Gasteiger partial charge is 0.496 e. The second-order valence-corrected chi connectivity index (χ2v) is 10.3. The monoisotopic (exact) mass is 571 g/mol. The minimum atomic E-state index is -1.37. The fourth-order valence-corrected chi connectivity index (χ4v) is 5.99. The third kappa shape index (κ3) is 4.40. The van der Waals surface area contributed by atoms with Crippen LogP contribution in [0.5, 0.6) is 5.75 Å². The van der Waals surface area contributed by atoms with Gasteiger partial charge in [-0.15, -0.1) is 0 Å². The standard InChI is InChI=1S/C28H24Cl2FN3O5/c1-38-24-12-16(21(32)11-17(24)26(36)39-2)23(35)10-14-9-19(15-4-3-5-20(30)25(15)31)28(34-14)18-7-6-13(29)8-22(18)33-27(28)37/h3-8,11-12,14,19,34H,9-10,32H2,1-2H3,(H,33,37)/t14-,19-,28-/m1/s1. The number of hydrogen-bond donors (Lipinski definition) is 3. The summed E-state index contributed by atoms with van der Waals surface area (Å²) in [6.45, 7) is 0. The van der Waals surface area contributed by atoms with Crippen LogP contribution in [0.3, 0.4) is 0 Å². The van der Waals surface area contributed by atoms with Gasteiger partial charge in [0.2, 0.25) is 5.91 Å². The van der Waals surface area contributed by atoms with Gasteiger partial charge in [-0.2, -0.15) is 0 Å². The summed E-state index contributed by atoms with van der Waals surface area (Å²) >= 11 is 12.3. The van der Waals surface area contributed by atoms with Crippen molar-refractivity contribution < 1.29 is 28.2 Å². The second kappa shape index (κ2) is 10.1. The van der Waals surface area contributed by atoms with E-state index in [-0.39, 0.29) is 57.7 Å². The lowest BCUT2D eigenvalue weighted by molar-refractivity contribution is -0.122. The predicted molar refractivity (Wildman–Crippen MR) is 145 cm³/mol. The number of nitrogen functional groups attached to an aromatic ring is 1. The number of nitrogens with two attached hydrogens (primary N) is 1. The topological polar surface area (TPSA) is 120 Å². The highest BCUT2D eigenvalue weighted by Gasteiger charge is 2.58. The molecule has 11 heteroatoms. The first-order valence-electron chi connectivity index (χ1n) is 12.0. The zero-order chi connectivity index (χ0) is 28.1. The highest BCUT2D eigenvalue weighted by Crippen LogP contribution is 2.53. The summed E-state index contributed by atoms with van der Waals surface area (Å²) in [6, 6.07) is 11.8. The Balaban J connectivity index is 1.53. The summed E-state index contributed by atoms with van der Waals surface area (Å²) in [6.07, 6.45) is 0.178. The summed E-state index contributed by atoms with van der Waals surface area (Å²) in [7, 11) is 2.59. The van der Waals surface area contributed by atoms with Crippen LogP contribution in [0, 0.1) is 5.82 Å². The minimum absolute atomic E-state index is 0.0672. The van der Waals surface area contributed by atoms with Crippen LogP contribution in [-0.2, 0) is 15.1 Å². The van der Waals surface area contributed by atoms with Gasteiger partial charge < -0.3 is 20.5 Å². The van der Waals surface area contributed by atoms with Crippen molar-refractivity contribution in [2.45, 2.75) is 30.3 Å². The smallest absolute Gasteiger partial charge is 0.341 e. The summed E-state index contributed by atoms with van der Waals surface area (Å²) in [5.74, 6) is -2.58. The Bertz CT molecular complexity index is 1530. The molecule has 0 bridgehead atoms. The highest BCUT2D eigenvalue weighted by molar-refractivity contribution is 6.31. The zero-order valence-electron chi connectivity index (χ0n) is 20.9. The molecule has 1 spiro atoms. The van der Waals surface area contributed by atoms with Crippen molar-refractivity contribution in [2.24, 2.45) is 0 Å². The second-order valence-electron chi connectivity index (χ2n) is 9.48. The number of ether oxygens (including phenoxy) is 2. The van der Waals surface area contributed by atoms with Gasteiger partial charge in [0.05, 0.1) is 19.2 Å². The van der Waals surface area contributed by atoms with Crippen LogP contribution < -0.4 is 21.1 Å². The van der Waals surface area contributed by atoms with E-state index in [0.717, 1.165) is 0 Å². The minimum Gasteiger partial charge on any atom is -0.496 e. The number of Topliss-reactive ketones (excluding diaryl/α,β-unsaturated/α-hetero) is 1. The highest BCUT2D eigenvalue weighted by atomic mass is 35.5. The predicted octanol–water partition coefficient (Wildman–Crippen LogP) is 5.08. The van der Waals surface area contributed by atoms with Gasteiger partial charge in [0.15, 0.2) is 5.78 Å². The van der Waals surface area contributed by atoms with Gasteiger partial charge in [-0.1, -0.05) is 41.4 Å². The van der Waals surface area contributed by atoms with Gasteiger partial charge in [-0.25, -0.2) is 9.18 Å². The number of carbonyl (C=O) groups is 3. The number of ketones is 1. The molecule has 1 fully saturated rings. The molecule has 5 rings (SSSR count).